The second-order valence-electron chi connectivity index (χ2n) is 25.5. The summed E-state index contributed by atoms with van der Waals surface area (Å²) in [7, 11) is 0. The Bertz CT molecular complexity index is 2240. The molecule has 0 spiro atoms. The van der Waals surface area contributed by atoms with Crippen molar-refractivity contribution in [1.82, 2.24) is 0 Å². The Labute approximate surface area is 451 Å². The minimum Gasteiger partial charge on any atom is -0.480 e. The van der Waals surface area contributed by atoms with Gasteiger partial charge in [0.25, 0.3) is 0 Å². The lowest BCUT2D eigenvalue weighted by molar-refractivity contribution is -0.387. The van der Waals surface area contributed by atoms with Gasteiger partial charge in [0.05, 0.1) is 24.7 Å². The van der Waals surface area contributed by atoms with Gasteiger partial charge < -0.3 is 104 Å². The van der Waals surface area contributed by atoms with Crippen LogP contribution in [0.4, 0.5) is 0 Å². The van der Waals surface area contributed by atoms with Gasteiger partial charge in [-0.05, 0) is 109 Å². The Balaban J connectivity index is 1.09. The van der Waals surface area contributed by atoms with Gasteiger partial charge >= 0.3 is 23.9 Å². The van der Waals surface area contributed by atoms with Gasteiger partial charge in [-0.1, -0.05) is 60.1 Å². The van der Waals surface area contributed by atoms with Crippen LogP contribution < -0.4 is 0 Å². The predicted molar refractivity (Wildman–Crippen MR) is 261 cm³/mol. The molecule has 8 aliphatic rings. The third-order valence-electron chi connectivity index (χ3n) is 20.4. The SMILES string of the molecule is CC1(C)CC[C@]2(C(=O)O[C@@H]3O[C@H](CO)[C@@H](O)[C@H](O)[C@H]3O)CC[C@]3(C)C(=CC[C@@H]4[C@@]5(C)CC[C@H](O[C@@H]6O[C@H](C(=O)O)[C@@H](O)[C@H](O[C@@H](OCC(=O)O)[C@@H](O)C(=O)O)[C@H]6O[C@@H]6O[C@H](CO)[C@@H](O)[C@H](O)[C@H]6O)C(C)(C)C5CC[C@]43C)[C@@H]2C1. The number of carbonyl (C=O) groups excluding carboxylic acids is 1. The van der Waals surface area contributed by atoms with Crippen molar-refractivity contribution in [2.45, 2.75) is 223 Å². The molecule has 1 unspecified atom stereocenters. The zero-order valence-corrected chi connectivity index (χ0v) is 45.1. The molecular formula is C53H82O25. The zero-order valence-electron chi connectivity index (χ0n) is 45.1. The second-order valence-corrected chi connectivity index (χ2v) is 25.5. The van der Waals surface area contributed by atoms with Crippen LogP contribution in [-0.2, 0) is 57.1 Å². The van der Waals surface area contributed by atoms with E-state index in [0.29, 0.717) is 51.4 Å². The predicted octanol–water partition coefficient (Wildman–Crippen LogP) is -0.870. The van der Waals surface area contributed by atoms with Gasteiger partial charge in [0.15, 0.2) is 25.0 Å². The monoisotopic (exact) mass is 1120 g/mol. The molecule has 0 aromatic rings. The molecule has 0 aromatic heterocycles. The quantitative estimate of drug-likeness (QED) is 0.0387. The number of carboxylic acid groups (broad SMARTS) is 3. The van der Waals surface area contributed by atoms with E-state index in [4.69, 9.17) is 37.9 Å². The number of rotatable bonds is 16. The topological polar surface area (TPSA) is 405 Å². The van der Waals surface area contributed by atoms with Crippen molar-refractivity contribution >= 4 is 23.9 Å². The third kappa shape index (κ3) is 10.4. The fraction of sp³-hybridized carbons (Fsp3) is 0.887. The maximum Gasteiger partial charge on any atom is 0.337 e. The van der Waals surface area contributed by atoms with E-state index < -0.39 is 171 Å². The number of esters is 1. The number of hydrogen-bond donors (Lipinski definition) is 13. The highest BCUT2D eigenvalue weighted by molar-refractivity contribution is 5.79. The van der Waals surface area contributed by atoms with Gasteiger partial charge in [0.1, 0.15) is 73.8 Å². The first kappa shape index (κ1) is 61.0. The number of allylic oxidation sites excluding steroid dienone is 2. The molecule has 4 saturated carbocycles. The van der Waals surface area contributed by atoms with Gasteiger partial charge in [0.2, 0.25) is 12.4 Å². The largest absolute Gasteiger partial charge is 0.480 e. The minimum atomic E-state index is -2.62. The maximum absolute atomic E-state index is 14.8. The summed E-state index contributed by atoms with van der Waals surface area (Å²) >= 11 is 0. The van der Waals surface area contributed by atoms with Crippen LogP contribution >= 0.6 is 0 Å². The maximum atomic E-state index is 14.8. The lowest BCUT2D eigenvalue weighted by atomic mass is 9.33. The molecule has 25 nitrogen and oxygen atoms in total. The number of carbonyl (C=O) groups is 4. The number of ether oxygens (including phenoxy) is 8. The number of carboxylic acids is 3. The molecule has 25 atom stereocenters. The Morgan fingerprint density at radius 2 is 1.27 bits per heavy atom. The first-order valence-electron chi connectivity index (χ1n) is 27.1. The Morgan fingerprint density at radius 1 is 0.667 bits per heavy atom. The van der Waals surface area contributed by atoms with E-state index in [1.807, 2.05) is 13.8 Å². The lowest BCUT2D eigenvalue weighted by Crippen LogP contribution is -2.68. The highest BCUT2D eigenvalue weighted by Gasteiger charge is 2.70. The third-order valence-corrected chi connectivity index (χ3v) is 20.4. The lowest BCUT2D eigenvalue weighted by Gasteiger charge is -2.71. The standard InChI is InChI=1S/C53H82O25/c1-48(2)14-16-53(47(70)78-45-35(63)33(61)31(59)25(20-55)73-45)17-15-51(6)22(23(53)18-48)8-9-27-50(5)12-11-28(49(3,4)26(50)10-13-52(27,51)7)74-46-40(77-44-34(62)32(60)30(58)24(19-54)72-44)38(36(64)39(76-46)42(68)69)75-43(37(65)41(66)67)71-21-29(56)57/h8,23-28,30-40,43-46,54-55,58-65H,9-21H2,1-7H3,(H,56,57)(H,66,67)(H,68,69)/t23-,24+,25+,26?,27+,28-,30+,31+,32-,33-,34+,35+,36-,37-,38-,39-,40+,43+,44-,45-,46+,50-,51+,52+,53-/m0/s1. The molecule has 0 amide bonds. The molecule has 25 heteroatoms. The molecule has 3 aliphatic heterocycles. The molecule has 3 heterocycles. The number of fused-ring (bicyclic) bond motifs is 7. The van der Waals surface area contributed by atoms with Crippen molar-refractivity contribution in [2.75, 3.05) is 19.8 Å². The summed E-state index contributed by atoms with van der Waals surface area (Å²) in [5, 5.41) is 136. The van der Waals surface area contributed by atoms with Crippen molar-refractivity contribution in [3.8, 4) is 0 Å². The molecule has 8 rings (SSSR count). The highest BCUT2D eigenvalue weighted by Crippen LogP contribution is 2.76. The first-order valence-corrected chi connectivity index (χ1v) is 27.1. The molecule has 0 bridgehead atoms. The first-order chi connectivity index (χ1) is 36.3. The van der Waals surface area contributed by atoms with Crippen LogP contribution in [0, 0.1) is 50.2 Å². The van der Waals surface area contributed by atoms with Crippen LogP contribution in [0.1, 0.15) is 113 Å². The number of aliphatic hydroxyl groups is 10. The van der Waals surface area contributed by atoms with Crippen molar-refractivity contribution in [3.05, 3.63) is 11.6 Å². The van der Waals surface area contributed by atoms with E-state index in [2.05, 4.69) is 40.7 Å². The average molecular weight is 1120 g/mol. The van der Waals surface area contributed by atoms with E-state index in [1.54, 1.807) is 0 Å². The molecule has 5 aliphatic carbocycles. The van der Waals surface area contributed by atoms with Crippen LogP contribution in [0.25, 0.3) is 0 Å². The van der Waals surface area contributed by atoms with Crippen LogP contribution in [0.3, 0.4) is 0 Å². The van der Waals surface area contributed by atoms with E-state index in [1.165, 1.54) is 5.57 Å². The van der Waals surface area contributed by atoms with Crippen molar-refractivity contribution < 1.29 is 123 Å². The van der Waals surface area contributed by atoms with Gasteiger partial charge in [0, 0.05) is 0 Å². The van der Waals surface area contributed by atoms with Crippen LogP contribution in [0.2, 0.25) is 0 Å². The summed E-state index contributed by atoms with van der Waals surface area (Å²) in [6, 6.07) is 0. The van der Waals surface area contributed by atoms with Crippen molar-refractivity contribution in [3.63, 3.8) is 0 Å². The van der Waals surface area contributed by atoms with Crippen LogP contribution in [0.15, 0.2) is 11.6 Å². The molecule has 444 valence electrons. The Hall–Kier alpha value is -3.06. The Morgan fingerprint density at radius 3 is 1.86 bits per heavy atom. The number of aliphatic carboxylic acids is 3. The molecule has 3 saturated heterocycles. The van der Waals surface area contributed by atoms with Crippen LogP contribution in [-0.4, -0.2) is 221 Å². The highest BCUT2D eigenvalue weighted by atomic mass is 16.8. The smallest absolute Gasteiger partial charge is 0.337 e. The van der Waals surface area contributed by atoms with Crippen molar-refractivity contribution in [2.24, 2.45) is 50.2 Å². The van der Waals surface area contributed by atoms with Gasteiger partial charge in [-0.3, -0.25) is 4.79 Å². The summed E-state index contributed by atoms with van der Waals surface area (Å²) in [6.45, 7) is 12.5. The normalized spacial score (nSPS) is 47.6. The molecule has 7 fully saturated rings. The Kier molecular flexibility index (Phi) is 17.4. The summed E-state index contributed by atoms with van der Waals surface area (Å²) < 4.78 is 47.0. The molecular weight excluding hydrogens is 1040 g/mol. The minimum absolute atomic E-state index is 0.0778. The van der Waals surface area contributed by atoms with E-state index in [0.717, 1.165) is 12.8 Å². The molecule has 78 heavy (non-hydrogen) atoms. The zero-order chi connectivity index (χ0) is 57.6. The fourth-order valence-corrected chi connectivity index (χ4v) is 15.8. The van der Waals surface area contributed by atoms with Gasteiger partial charge in [-0.25, -0.2) is 14.4 Å². The van der Waals surface area contributed by atoms with E-state index in [-0.39, 0.29) is 34.0 Å². The number of aliphatic hydroxyl groups excluding tert-OH is 10. The summed E-state index contributed by atoms with van der Waals surface area (Å²) in [5.74, 6) is -6.13. The second kappa shape index (κ2) is 22.3. The van der Waals surface area contributed by atoms with Gasteiger partial charge in [-0.15, -0.1) is 0 Å². The van der Waals surface area contributed by atoms with Crippen LogP contribution in [0.5, 0.6) is 0 Å². The van der Waals surface area contributed by atoms with Crippen molar-refractivity contribution in [1.29, 1.82) is 0 Å². The molecule has 13 N–H and O–H groups in total. The summed E-state index contributed by atoms with van der Waals surface area (Å²) in [4.78, 5) is 51.2. The average Bonchev–Trinajstić information content (AvgIpc) is 3.35. The van der Waals surface area contributed by atoms with E-state index in [9.17, 15) is 85.6 Å². The van der Waals surface area contributed by atoms with E-state index >= 15 is 0 Å². The number of hydrogen-bond acceptors (Lipinski definition) is 22. The fourth-order valence-electron chi connectivity index (χ4n) is 15.8. The summed E-state index contributed by atoms with van der Waals surface area (Å²) in [5.41, 5.74) is -1.80. The van der Waals surface area contributed by atoms with Gasteiger partial charge in [-0.2, -0.15) is 0 Å². The molecule has 0 aromatic carbocycles. The molecule has 0 radical (unpaired) electrons. The summed E-state index contributed by atoms with van der Waals surface area (Å²) in [6.07, 6.45) is -25.4.